The first-order chi connectivity index (χ1) is 8.66. The van der Waals surface area contributed by atoms with Gasteiger partial charge in [0.1, 0.15) is 0 Å². The van der Waals surface area contributed by atoms with Crippen LogP contribution in [0.5, 0.6) is 0 Å². The van der Waals surface area contributed by atoms with E-state index in [0.717, 1.165) is 26.1 Å². The molecule has 115 valence electrons. The second-order valence-corrected chi connectivity index (χ2v) is 4.88. The molecule has 0 atom stereocenters. The van der Waals surface area contributed by atoms with Crippen LogP contribution < -0.4 is 0 Å². The fourth-order valence-electron chi connectivity index (χ4n) is 0.600. The van der Waals surface area contributed by atoms with Gasteiger partial charge in [0.25, 0.3) is 0 Å². The van der Waals surface area contributed by atoms with Gasteiger partial charge in [-0.05, 0) is 12.8 Å². The fourth-order valence-corrected chi connectivity index (χ4v) is 0.600. The molecule has 0 saturated heterocycles. The molecule has 0 bridgehead atoms. The van der Waals surface area contributed by atoms with E-state index in [-0.39, 0.29) is 0 Å². The van der Waals surface area contributed by atoms with Gasteiger partial charge in [-0.2, -0.15) is 21.6 Å². The molecule has 10 heteroatoms. The average Bonchev–Trinajstić information content (AvgIpc) is 2.26. The van der Waals surface area contributed by atoms with Gasteiger partial charge in [0.2, 0.25) is 0 Å². The maximum atomic E-state index is 10.7. The minimum atomic E-state index is -5.84. The third-order valence-electron chi connectivity index (χ3n) is 1.66. The Morgan fingerprint density at radius 1 is 1.05 bits per heavy atom. The summed E-state index contributed by atoms with van der Waals surface area (Å²) in [6, 6.07) is 0. The van der Waals surface area contributed by atoms with Gasteiger partial charge in [0, 0.05) is 13.2 Å². The Balaban J connectivity index is 0. The van der Waals surface area contributed by atoms with Gasteiger partial charge in [-0.15, -0.1) is 0 Å². The van der Waals surface area contributed by atoms with E-state index in [1.54, 1.807) is 0 Å². The first kappa shape index (κ1) is 21.0. The van der Waals surface area contributed by atoms with Crippen LogP contribution in [0, 0.1) is 0 Å². The van der Waals surface area contributed by atoms with Crippen molar-refractivity contribution in [2.45, 2.75) is 45.0 Å². The van der Waals surface area contributed by atoms with E-state index < -0.39 is 15.6 Å². The SMILES string of the molecule is CCCCO[B]OCCCC.O=S(=O)(O)C(F)(F)F. The molecule has 1 radical (unpaired) electrons. The maximum absolute atomic E-state index is 10.7. The van der Waals surface area contributed by atoms with Crippen molar-refractivity contribution in [2.75, 3.05) is 13.2 Å². The monoisotopic (exact) mass is 307 g/mol. The minimum absolute atomic E-state index is 0.780. The van der Waals surface area contributed by atoms with E-state index in [1.165, 1.54) is 20.5 Å². The van der Waals surface area contributed by atoms with Crippen LogP contribution in [0.1, 0.15) is 39.5 Å². The smallest absolute Gasteiger partial charge is 0.413 e. The summed E-state index contributed by atoms with van der Waals surface area (Å²) in [5, 5.41) is 0. The van der Waals surface area contributed by atoms with Gasteiger partial charge in [-0.3, -0.25) is 4.55 Å². The number of hydrogen-bond donors (Lipinski definition) is 1. The summed E-state index contributed by atoms with van der Waals surface area (Å²) in [6.45, 7) is 5.84. The molecule has 0 rings (SSSR count). The van der Waals surface area contributed by atoms with Crippen LogP contribution in [0.15, 0.2) is 0 Å². The molecule has 5 nitrogen and oxygen atoms in total. The predicted octanol–water partition coefficient (Wildman–Crippen LogP) is 2.55. The topological polar surface area (TPSA) is 72.8 Å². The molecule has 0 aromatic heterocycles. The first-order valence-electron chi connectivity index (χ1n) is 5.75. The van der Waals surface area contributed by atoms with Crippen LogP contribution >= 0.6 is 0 Å². The average molecular weight is 307 g/mol. The summed E-state index contributed by atoms with van der Waals surface area (Å²) < 4.78 is 67.7. The van der Waals surface area contributed by atoms with Crippen LogP contribution in [-0.4, -0.2) is 39.4 Å². The van der Waals surface area contributed by atoms with Gasteiger partial charge in [0.15, 0.2) is 0 Å². The zero-order valence-electron chi connectivity index (χ0n) is 10.9. The van der Waals surface area contributed by atoms with Gasteiger partial charge < -0.3 is 9.31 Å². The van der Waals surface area contributed by atoms with E-state index >= 15 is 0 Å². The standard InChI is InChI=1S/C8H18BO2.CHF3O3S/c1-3-5-7-10-9-11-8-6-4-2;2-1(3,4)8(5,6)7/h3-8H2,1-2H3;(H,5,6,7). The molecule has 0 heterocycles. The summed E-state index contributed by atoms with van der Waals surface area (Å²) in [5.41, 5.74) is -5.53. The van der Waals surface area contributed by atoms with Crippen LogP contribution in [0.2, 0.25) is 0 Å². The lowest BCUT2D eigenvalue weighted by Gasteiger charge is -2.01. The van der Waals surface area contributed by atoms with Crippen molar-refractivity contribution in [3.63, 3.8) is 0 Å². The second-order valence-electron chi connectivity index (χ2n) is 3.47. The summed E-state index contributed by atoms with van der Waals surface area (Å²) >= 11 is 0. The van der Waals surface area contributed by atoms with Crippen molar-refractivity contribution in [2.24, 2.45) is 0 Å². The van der Waals surface area contributed by atoms with Crippen molar-refractivity contribution in [3.05, 3.63) is 0 Å². The lowest BCUT2D eigenvalue weighted by atomic mass is 10.3. The van der Waals surface area contributed by atoms with E-state index in [1.807, 2.05) is 0 Å². The van der Waals surface area contributed by atoms with Gasteiger partial charge in [0.05, 0.1) is 0 Å². The van der Waals surface area contributed by atoms with Crippen molar-refractivity contribution in [1.29, 1.82) is 0 Å². The summed E-state index contributed by atoms with van der Waals surface area (Å²) in [4.78, 5) is 0. The molecular weight excluding hydrogens is 288 g/mol. The van der Waals surface area contributed by atoms with Crippen LogP contribution in [0.25, 0.3) is 0 Å². The molecule has 0 aliphatic carbocycles. The highest BCUT2D eigenvalue weighted by Gasteiger charge is 2.44. The number of rotatable bonds is 8. The Morgan fingerprint density at radius 2 is 1.37 bits per heavy atom. The molecule has 0 fully saturated rings. The molecule has 1 N–H and O–H groups in total. The molecule has 0 aliphatic rings. The fraction of sp³-hybridized carbons (Fsp3) is 1.00. The minimum Gasteiger partial charge on any atom is -0.413 e. The highest BCUT2D eigenvalue weighted by molar-refractivity contribution is 7.86. The van der Waals surface area contributed by atoms with E-state index in [2.05, 4.69) is 13.8 Å². The summed E-state index contributed by atoms with van der Waals surface area (Å²) in [6.07, 6.45) is 4.55. The largest absolute Gasteiger partial charge is 0.522 e. The van der Waals surface area contributed by atoms with E-state index in [4.69, 9.17) is 22.3 Å². The Bertz CT molecular complexity index is 287. The zero-order chi connectivity index (χ0) is 15.4. The lowest BCUT2D eigenvalue weighted by Crippen LogP contribution is -2.21. The molecule has 0 saturated carbocycles. The number of alkyl halides is 3. The molecule has 0 amide bonds. The molecule has 0 aromatic carbocycles. The van der Waals surface area contributed by atoms with Crippen molar-refractivity contribution in [3.8, 4) is 0 Å². The first-order valence-corrected chi connectivity index (χ1v) is 7.19. The highest BCUT2D eigenvalue weighted by Crippen LogP contribution is 2.20. The third kappa shape index (κ3) is 15.6. The van der Waals surface area contributed by atoms with Crippen molar-refractivity contribution >= 4 is 17.8 Å². The molecule has 19 heavy (non-hydrogen) atoms. The van der Waals surface area contributed by atoms with Gasteiger partial charge >= 0.3 is 23.3 Å². The van der Waals surface area contributed by atoms with Crippen LogP contribution in [0.3, 0.4) is 0 Å². The van der Waals surface area contributed by atoms with Crippen molar-refractivity contribution in [1.82, 2.24) is 0 Å². The van der Waals surface area contributed by atoms with Crippen molar-refractivity contribution < 1.29 is 35.5 Å². The summed E-state index contributed by atoms with van der Waals surface area (Å²) in [5.74, 6) is 0. The Kier molecular flexibility index (Phi) is 12.7. The molecule has 0 unspecified atom stereocenters. The van der Waals surface area contributed by atoms with Crippen LogP contribution in [0.4, 0.5) is 13.2 Å². The Morgan fingerprint density at radius 3 is 1.58 bits per heavy atom. The zero-order valence-corrected chi connectivity index (χ0v) is 11.8. The highest BCUT2D eigenvalue weighted by atomic mass is 32.2. The molecular formula is C9H19BF3O5S. The predicted molar refractivity (Wildman–Crippen MR) is 65.1 cm³/mol. The molecule has 0 aromatic rings. The number of halogens is 3. The Hall–Kier alpha value is -0.315. The quantitative estimate of drug-likeness (QED) is 0.323. The lowest BCUT2D eigenvalue weighted by molar-refractivity contribution is -0.0510. The summed E-state index contributed by atoms with van der Waals surface area (Å²) in [7, 11) is -4.38. The van der Waals surface area contributed by atoms with E-state index in [9.17, 15) is 13.2 Å². The number of unbranched alkanes of at least 4 members (excludes halogenated alkanes) is 2. The maximum Gasteiger partial charge on any atom is 0.522 e. The Labute approximate surface area is 112 Å². The molecule has 0 spiro atoms. The van der Waals surface area contributed by atoms with Crippen LogP contribution in [-0.2, 0) is 19.4 Å². The normalized spacial score (nSPS) is 11.7. The second kappa shape index (κ2) is 11.5. The van der Waals surface area contributed by atoms with Gasteiger partial charge in [-0.25, -0.2) is 0 Å². The van der Waals surface area contributed by atoms with Gasteiger partial charge in [-0.1, -0.05) is 26.7 Å². The van der Waals surface area contributed by atoms with E-state index in [0.29, 0.717) is 0 Å². The molecule has 0 aliphatic heterocycles. The third-order valence-corrected chi connectivity index (χ3v) is 2.25. The number of hydrogen-bond acceptors (Lipinski definition) is 4.